The van der Waals surface area contributed by atoms with E-state index >= 15 is 0 Å². The summed E-state index contributed by atoms with van der Waals surface area (Å²) in [5.74, 6) is 0. The van der Waals surface area contributed by atoms with Gasteiger partial charge in [-0.2, -0.15) is 8.42 Å². The minimum Gasteiger partial charge on any atom is -0.393 e. The van der Waals surface area contributed by atoms with Gasteiger partial charge in [0, 0.05) is 0 Å². The Morgan fingerprint density at radius 2 is 0.962 bits per heavy atom. The lowest BCUT2D eigenvalue weighted by molar-refractivity contribution is 0.147. The molecule has 0 aromatic carbocycles. The average molecular weight is 393 g/mol. The van der Waals surface area contributed by atoms with Crippen LogP contribution in [0, 0.1) is 0 Å². The number of aliphatic hydroxyl groups excluding tert-OH is 1. The minimum atomic E-state index is -3.92. The van der Waals surface area contributed by atoms with Crippen molar-refractivity contribution >= 4 is 10.1 Å². The molecule has 0 amide bonds. The van der Waals surface area contributed by atoms with Crippen molar-refractivity contribution in [1.82, 2.24) is 0 Å². The predicted molar refractivity (Wildman–Crippen MR) is 111 cm³/mol. The van der Waals surface area contributed by atoms with Gasteiger partial charge in [0.05, 0.1) is 11.4 Å². The van der Waals surface area contributed by atoms with Gasteiger partial charge in [-0.1, -0.05) is 97.3 Å². The molecule has 0 heterocycles. The molecule has 0 spiro atoms. The van der Waals surface area contributed by atoms with Crippen molar-refractivity contribution in [3.05, 3.63) is 0 Å². The molecule has 0 aliphatic rings. The zero-order valence-corrected chi connectivity index (χ0v) is 18.1. The van der Waals surface area contributed by atoms with Crippen LogP contribution in [0.3, 0.4) is 0 Å². The Labute approximate surface area is 162 Å². The summed E-state index contributed by atoms with van der Waals surface area (Å²) in [5.41, 5.74) is 0. The first kappa shape index (κ1) is 25.9. The van der Waals surface area contributed by atoms with E-state index in [2.05, 4.69) is 13.8 Å². The van der Waals surface area contributed by atoms with Crippen molar-refractivity contribution in [2.75, 3.05) is 0 Å². The molecule has 0 aromatic rings. The molecule has 5 heteroatoms. The van der Waals surface area contributed by atoms with Crippen LogP contribution in [0.1, 0.15) is 123 Å². The Bertz CT molecular complexity index is 395. The standard InChI is InChI=1S/C21H44O4S/c1-3-5-7-8-9-14-18-21(26(23,24)25)19-15-11-10-13-17-20(22)16-12-6-4-2/h20-22H,3-19H2,1-2H3,(H,23,24,25). The van der Waals surface area contributed by atoms with Crippen molar-refractivity contribution in [3.8, 4) is 0 Å². The Morgan fingerprint density at radius 1 is 0.615 bits per heavy atom. The van der Waals surface area contributed by atoms with Gasteiger partial charge in [0.1, 0.15) is 0 Å². The molecular formula is C21H44O4S. The number of hydrogen-bond donors (Lipinski definition) is 2. The maximum atomic E-state index is 11.6. The summed E-state index contributed by atoms with van der Waals surface area (Å²) >= 11 is 0. The predicted octanol–water partition coefficient (Wildman–Crippen LogP) is 6.28. The fraction of sp³-hybridized carbons (Fsp3) is 1.00. The molecule has 2 unspecified atom stereocenters. The first-order chi connectivity index (χ1) is 12.4. The van der Waals surface area contributed by atoms with E-state index in [4.69, 9.17) is 0 Å². The van der Waals surface area contributed by atoms with E-state index in [0.717, 1.165) is 64.2 Å². The van der Waals surface area contributed by atoms with Crippen molar-refractivity contribution < 1.29 is 18.1 Å². The smallest absolute Gasteiger partial charge is 0.267 e. The van der Waals surface area contributed by atoms with E-state index in [1.54, 1.807) is 0 Å². The van der Waals surface area contributed by atoms with Gasteiger partial charge in [0.15, 0.2) is 0 Å². The average Bonchev–Trinajstić information content (AvgIpc) is 2.58. The Hall–Kier alpha value is -0.130. The van der Waals surface area contributed by atoms with Gasteiger partial charge in [-0.15, -0.1) is 0 Å². The van der Waals surface area contributed by atoms with Crippen LogP contribution in [-0.2, 0) is 10.1 Å². The highest BCUT2D eigenvalue weighted by Gasteiger charge is 2.21. The lowest BCUT2D eigenvalue weighted by Gasteiger charge is -2.14. The van der Waals surface area contributed by atoms with Crippen LogP contribution in [0.15, 0.2) is 0 Å². The normalized spacial score (nSPS) is 14.5. The van der Waals surface area contributed by atoms with Crippen LogP contribution in [0.4, 0.5) is 0 Å². The van der Waals surface area contributed by atoms with Crippen molar-refractivity contribution in [2.45, 2.75) is 134 Å². The van der Waals surface area contributed by atoms with Gasteiger partial charge in [0.2, 0.25) is 0 Å². The molecule has 0 aromatic heterocycles. The number of rotatable bonds is 19. The number of unbranched alkanes of at least 4 members (excludes halogenated alkanes) is 10. The monoisotopic (exact) mass is 392 g/mol. The maximum Gasteiger partial charge on any atom is 0.267 e. The van der Waals surface area contributed by atoms with Gasteiger partial charge in [-0.05, 0) is 25.7 Å². The number of aliphatic hydroxyl groups is 1. The third kappa shape index (κ3) is 16.1. The van der Waals surface area contributed by atoms with E-state index in [1.165, 1.54) is 32.1 Å². The summed E-state index contributed by atoms with van der Waals surface area (Å²) < 4.78 is 32.5. The molecule has 2 N–H and O–H groups in total. The second-order valence-corrected chi connectivity index (χ2v) is 9.53. The Balaban J connectivity index is 3.78. The molecule has 0 saturated heterocycles. The zero-order chi connectivity index (χ0) is 19.7. The minimum absolute atomic E-state index is 0.181. The fourth-order valence-electron chi connectivity index (χ4n) is 3.47. The van der Waals surface area contributed by atoms with Crippen LogP contribution < -0.4 is 0 Å². The van der Waals surface area contributed by atoms with Gasteiger partial charge >= 0.3 is 0 Å². The lowest BCUT2D eigenvalue weighted by Crippen LogP contribution is -2.20. The van der Waals surface area contributed by atoms with Gasteiger partial charge in [-0.25, -0.2) is 0 Å². The molecule has 0 aliphatic carbocycles. The maximum absolute atomic E-state index is 11.6. The molecule has 0 rings (SSSR count). The molecule has 4 nitrogen and oxygen atoms in total. The van der Waals surface area contributed by atoms with E-state index in [0.29, 0.717) is 12.8 Å². The molecule has 0 aliphatic heterocycles. The highest BCUT2D eigenvalue weighted by Crippen LogP contribution is 2.19. The van der Waals surface area contributed by atoms with E-state index < -0.39 is 15.4 Å². The second kappa shape index (κ2) is 17.0. The molecule has 0 bridgehead atoms. The van der Waals surface area contributed by atoms with Crippen LogP contribution in [0.25, 0.3) is 0 Å². The van der Waals surface area contributed by atoms with Crippen LogP contribution in [0.5, 0.6) is 0 Å². The summed E-state index contributed by atoms with van der Waals surface area (Å²) in [6, 6.07) is 0. The van der Waals surface area contributed by atoms with Crippen molar-refractivity contribution in [2.24, 2.45) is 0 Å². The highest BCUT2D eigenvalue weighted by atomic mass is 32.2. The molecule has 0 fully saturated rings. The Kier molecular flexibility index (Phi) is 16.9. The van der Waals surface area contributed by atoms with Crippen molar-refractivity contribution in [3.63, 3.8) is 0 Å². The molecule has 0 saturated carbocycles. The summed E-state index contributed by atoms with van der Waals surface area (Å²) in [4.78, 5) is 0. The highest BCUT2D eigenvalue weighted by molar-refractivity contribution is 7.86. The molecule has 0 radical (unpaired) electrons. The SMILES string of the molecule is CCCCCCCCC(CCCCCCC(O)CCCCC)S(=O)(=O)O. The third-order valence-corrected chi connectivity index (χ3v) is 6.57. The summed E-state index contributed by atoms with van der Waals surface area (Å²) in [6.07, 6.45) is 16.8. The van der Waals surface area contributed by atoms with Crippen LogP contribution in [-0.4, -0.2) is 29.4 Å². The van der Waals surface area contributed by atoms with Crippen molar-refractivity contribution in [1.29, 1.82) is 0 Å². The first-order valence-electron chi connectivity index (χ1n) is 11.1. The van der Waals surface area contributed by atoms with Gasteiger partial charge < -0.3 is 5.11 Å². The summed E-state index contributed by atoms with van der Waals surface area (Å²) in [7, 11) is -3.92. The zero-order valence-electron chi connectivity index (χ0n) is 17.3. The molecule has 26 heavy (non-hydrogen) atoms. The van der Waals surface area contributed by atoms with Gasteiger partial charge in [0.25, 0.3) is 10.1 Å². The lowest BCUT2D eigenvalue weighted by atomic mass is 10.0. The molecular weight excluding hydrogens is 348 g/mol. The first-order valence-corrected chi connectivity index (χ1v) is 12.6. The number of hydrogen-bond acceptors (Lipinski definition) is 3. The van der Waals surface area contributed by atoms with Crippen LogP contribution >= 0.6 is 0 Å². The topological polar surface area (TPSA) is 74.6 Å². The largest absolute Gasteiger partial charge is 0.393 e. The fourth-order valence-corrected chi connectivity index (χ4v) is 4.40. The van der Waals surface area contributed by atoms with E-state index in [1.807, 2.05) is 0 Å². The third-order valence-electron chi connectivity index (χ3n) is 5.26. The molecule has 158 valence electrons. The molecule has 2 atom stereocenters. The quantitative estimate of drug-likeness (QED) is 0.200. The summed E-state index contributed by atoms with van der Waals surface area (Å²) in [6.45, 7) is 4.35. The Morgan fingerprint density at radius 3 is 1.42 bits per heavy atom. The summed E-state index contributed by atoms with van der Waals surface area (Å²) in [5, 5.41) is 9.30. The van der Waals surface area contributed by atoms with Gasteiger partial charge in [-0.3, -0.25) is 4.55 Å². The second-order valence-electron chi connectivity index (χ2n) is 7.83. The van der Waals surface area contributed by atoms with E-state index in [-0.39, 0.29) is 6.10 Å². The van der Waals surface area contributed by atoms with E-state index in [9.17, 15) is 18.1 Å². The van der Waals surface area contributed by atoms with Crippen LogP contribution in [0.2, 0.25) is 0 Å².